The molecule has 0 bridgehead atoms. The van der Waals surface area contributed by atoms with Gasteiger partial charge in [0.05, 0.1) is 0 Å². The number of pyridine rings is 1. The predicted molar refractivity (Wildman–Crippen MR) is 91.1 cm³/mol. The number of halogens is 1. The monoisotopic (exact) mass is 347 g/mol. The lowest BCUT2D eigenvalue weighted by atomic mass is 10.0. The van der Waals surface area contributed by atoms with Gasteiger partial charge in [-0.25, -0.2) is 0 Å². The highest BCUT2D eigenvalue weighted by atomic mass is 79.9. The first-order chi connectivity index (χ1) is 10.2. The number of nitrogens with one attached hydrogen (secondary N) is 1. The lowest BCUT2D eigenvalue weighted by Crippen LogP contribution is -2.25. The second kappa shape index (κ2) is 8.27. The van der Waals surface area contributed by atoms with Gasteiger partial charge in [0.15, 0.2) is 0 Å². The van der Waals surface area contributed by atoms with E-state index in [1.165, 1.54) is 11.1 Å². The first kappa shape index (κ1) is 16.1. The van der Waals surface area contributed by atoms with Crippen molar-refractivity contribution in [3.63, 3.8) is 0 Å². The molecule has 0 amide bonds. The van der Waals surface area contributed by atoms with Gasteiger partial charge in [-0.3, -0.25) is 4.98 Å². The van der Waals surface area contributed by atoms with Crippen molar-refractivity contribution in [3.8, 4) is 0 Å². The average Bonchev–Trinajstić information content (AvgIpc) is 2.50. The zero-order chi connectivity index (χ0) is 15.1. The van der Waals surface area contributed by atoms with E-state index in [2.05, 4.69) is 74.6 Å². The highest BCUT2D eigenvalue weighted by molar-refractivity contribution is 9.10. The second-order valence-corrected chi connectivity index (χ2v) is 6.19. The van der Waals surface area contributed by atoms with Crippen LogP contribution >= 0.6 is 15.9 Å². The Morgan fingerprint density at radius 1 is 1.14 bits per heavy atom. The minimum Gasteiger partial charge on any atom is -0.313 e. The molecule has 1 atom stereocenters. The first-order valence-corrected chi connectivity index (χ1v) is 7.98. The van der Waals surface area contributed by atoms with Gasteiger partial charge in [-0.1, -0.05) is 28.1 Å². The van der Waals surface area contributed by atoms with Crippen molar-refractivity contribution in [2.45, 2.75) is 19.0 Å². The molecule has 2 aromatic rings. The van der Waals surface area contributed by atoms with Crippen molar-refractivity contribution in [2.24, 2.45) is 0 Å². The molecule has 112 valence electrons. The molecule has 1 aromatic carbocycles. The predicted octanol–water partition coefficient (Wildman–Crippen LogP) is 3.63. The van der Waals surface area contributed by atoms with Crippen LogP contribution in [-0.2, 0) is 6.54 Å². The van der Waals surface area contributed by atoms with E-state index in [0.717, 1.165) is 24.0 Å². The summed E-state index contributed by atoms with van der Waals surface area (Å²) in [6.45, 7) is 2.00. The van der Waals surface area contributed by atoms with E-state index in [4.69, 9.17) is 0 Å². The number of rotatable bonds is 7. The van der Waals surface area contributed by atoms with Crippen molar-refractivity contribution >= 4 is 15.9 Å². The van der Waals surface area contributed by atoms with Gasteiger partial charge in [0.1, 0.15) is 0 Å². The Kier molecular flexibility index (Phi) is 6.36. The van der Waals surface area contributed by atoms with Gasteiger partial charge >= 0.3 is 0 Å². The number of hydrogen-bond acceptors (Lipinski definition) is 3. The maximum Gasteiger partial charge on any atom is 0.0329 e. The van der Waals surface area contributed by atoms with Crippen LogP contribution < -0.4 is 5.32 Å². The van der Waals surface area contributed by atoms with Crippen LogP contribution in [0.25, 0.3) is 0 Å². The Morgan fingerprint density at radius 2 is 1.81 bits per heavy atom. The molecule has 0 aliphatic rings. The van der Waals surface area contributed by atoms with Crippen molar-refractivity contribution in [1.82, 2.24) is 15.2 Å². The van der Waals surface area contributed by atoms with E-state index < -0.39 is 0 Å². The molecule has 0 aliphatic carbocycles. The maximum atomic E-state index is 4.05. The zero-order valence-electron chi connectivity index (χ0n) is 12.6. The highest BCUT2D eigenvalue weighted by Crippen LogP contribution is 2.19. The highest BCUT2D eigenvalue weighted by Gasteiger charge is 2.10. The fourth-order valence-electron chi connectivity index (χ4n) is 2.40. The summed E-state index contributed by atoms with van der Waals surface area (Å²) >= 11 is 3.48. The van der Waals surface area contributed by atoms with Crippen LogP contribution in [0.1, 0.15) is 23.6 Å². The Hall–Kier alpha value is -1.23. The van der Waals surface area contributed by atoms with Crippen LogP contribution in [0.2, 0.25) is 0 Å². The molecule has 1 aromatic heterocycles. The van der Waals surface area contributed by atoms with E-state index >= 15 is 0 Å². The van der Waals surface area contributed by atoms with Gasteiger partial charge in [-0.05, 0) is 62.5 Å². The fraction of sp³-hybridized carbons (Fsp3) is 0.353. The number of hydrogen-bond donors (Lipinski definition) is 1. The summed E-state index contributed by atoms with van der Waals surface area (Å²) in [5.41, 5.74) is 2.63. The molecule has 0 aliphatic heterocycles. The van der Waals surface area contributed by atoms with Crippen LogP contribution in [0.4, 0.5) is 0 Å². The van der Waals surface area contributed by atoms with Gasteiger partial charge in [0, 0.05) is 29.5 Å². The van der Waals surface area contributed by atoms with Crippen molar-refractivity contribution < 1.29 is 0 Å². The molecular formula is C17H22BrN3. The second-order valence-electron chi connectivity index (χ2n) is 5.27. The van der Waals surface area contributed by atoms with E-state index in [9.17, 15) is 0 Å². The molecule has 0 radical (unpaired) electrons. The van der Waals surface area contributed by atoms with E-state index in [1.807, 2.05) is 19.4 Å². The molecule has 4 heteroatoms. The lowest BCUT2D eigenvalue weighted by Gasteiger charge is -2.22. The molecule has 0 saturated carbocycles. The van der Waals surface area contributed by atoms with Gasteiger partial charge < -0.3 is 10.2 Å². The topological polar surface area (TPSA) is 28.2 Å². The smallest absolute Gasteiger partial charge is 0.0329 e. The standard InChI is InChI=1S/C17H22BrN3/c1-19-17(15-3-5-16(18)6-4-15)9-12-21(2)13-14-7-10-20-11-8-14/h3-8,10-11,17,19H,9,12-13H2,1-2H3. The number of aromatic nitrogens is 1. The molecule has 0 spiro atoms. The maximum absolute atomic E-state index is 4.05. The molecule has 2 rings (SSSR count). The number of nitrogens with zero attached hydrogens (tertiary/aromatic N) is 2. The van der Waals surface area contributed by atoms with Gasteiger partial charge in [-0.2, -0.15) is 0 Å². The normalized spacial score (nSPS) is 12.6. The Balaban J connectivity index is 1.86. The Labute approximate surface area is 135 Å². The lowest BCUT2D eigenvalue weighted by molar-refractivity contribution is 0.304. The molecule has 21 heavy (non-hydrogen) atoms. The zero-order valence-corrected chi connectivity index (χ0v) is 14.2. The summed E-state index contributed by atoms with van der Waals surface area (Å²) in [4.78, 5) is 6.40. The summed E-state index contributed by atoms with van der Waals surface area (Å²) in [5, 5.41) is 3.41. The molecule has 1 heterocycles. The van der Waals surface area contributed by atoms with E-state index in [-0.39, 0.29) is 0 Å². The first-order valence-electron chi connectivity index (χ1n) is 7.19. The largest absolute Gasteiger partial charge is 0.313 e. The third kappa shape index (κ3) is 5.23. The average molecular weight is 348 g/mol. The summed E-state index contributed by atoms with van der Waals surface area (Å²) in [5.74, 6) is 0. The summed E-state index contributed by atoms with van der Waals surface area (Å²) in [6.07, 6.45) is 4.78. The van der Waals surface area contributed by atoms with Crippen LogP contribution in [-0.4, -0.2) is 30.5 Å². The molecule has 0 fully saturated rings. The fourth-order valence-corrected chi connectivity index (χ4v) is 2.67. The van der Waals surface area contributed by atoms with Crippen LogP contribution in [0.5, 0.6) is 0 Å². The summed E-state index contributed by atoms with van der Waals surface area (Å²) in [6, 6.07) is 13.1. The van der Waals surface area contributed by atoms with Crippen molar-refractivity contribution in [1.29, 1.82) is 0 Å². The molecular weight excluding hydrogens is 326 g/mol. The number of benzene rings is 1. The molecule has 1 unspecified atom stereocenters. The van der Waals surface area contributed by atoms with Gasteiger partial charge in [0.25, 0.3) is 0 Å². The quantitative estimate of drug-likeness (QED) is 0.828. The van der Waals surface area contributed by atoms with Crippen LogP contribution in [0.15, 0.2) is 53.3 Å². The minimum atomic E-state index is 0.387. The Morgan fingerprint density at radius 3 is 2.43 bits per heavy atom. The van der Waals surface area contributed by atoms with Gasteiger partial charge in [0.2, 0.25) is 0 Å². The van der Waals surface area contributed by atoms with Crippen LogP contribution in [0, 0.1) is 0 Å². The van der Waals surface area contributed by atoms with Crippen molar-refractivity contribution in [3.05, 3.63) is 64.4 Å². The van der Waals surface area contributed by atoms with Crippen molar-refractivity contribution in [2.75, 3.05) is 20.6 Å². The minimum absolute atomic E-state index is 0.387. The molecule has 1 N–H and O–H groups in total. The molecule has 3 nitrogen and oxygen atoms in total. The van der Waals surface area contributed by atoms with E-state index in [1.54, 1.807) is 0 Å². The molecule has 0 saturated heterocycles. The summed E-state index contributed by atoms with van der Waals surface area (Å²) < 4.78 is 1.12. The third-order valence-corrected chi connectivity index (χ3v) is 4.15. The van der Waals surface area contributed by atoms with E-state index in [0.29, 0.717) is 6.04 Å². The SMILES string of the molecule is CNC(CCN(C)Cc1ccncc1)c1ccc(Br)cc1. The third-order valence-electron chi connectivity index (χ3n) is 3.62. The van der Waals surface area contributed by atoms with Crippen LogP contribution in [0.3, 0.4) is 0 Å². The summed E-state index contributed by atoms with van der Waals surface area (Å²) in [7, 11) is 4.18. The van der Waals surface area contributed by atoms with Gasteiger partial charge in [-0.15, -0.1) is 0 Å². The Bertz CT molecular complexity index is 527.